The number of hydrogen-bond acceptors (Lipinski definition) is 3. The molecule has 0 saturated heterocycles. The predicted molar refractivity (Wildman–Crippen MR) is 74.3 cm³/mol. The van der Waals surface area contributed by atoms with Gasteiger partial charge in [-0.15, -0.1) is 0 Å². The Morgan fingerprint density at radius 1 is 1.45 bits per heavy atom. The summed E-state index contributed by atoms with van der Waals surface area (Å²) in [5.74, 6) is -0.482. The van der Waals surface area contributed by atoms with Crippen LogP contribution in [-0.4, -0.2) is 39.7 Å². The second-order valence-corrected chi connectivity index (χ2v) is 5.11. The van der Waals surface area contributed by atoms with Gasteiger partial charge in [-0.3, -0.25) is 0 Å². The fourth-order valence-corrected chi connectivity index (χ4v) is 1.74. The first-order valence-electron chi connectivity index (χ1n) is 6.73. The van der Waals surface area contributed by atoms with E-state index in [0.717, 1.165) is 12.8 Å². The van der Waals surface area contributed by atoms with Crippen LogP contribution in [0.1, 0.15) is 32.4 Å². The summed E-state index contributed by atoms with van der Waals surface area (Å²) < 4.78 is 0. The summed E-state index contributed by atoms with van der Waals surface area (Å²) in [5, 5.41) is 14.2. The topological polar surface area (TPSA) is 107 Å². The van der Waals surface area contributed by atoms with Crippen LogP contribution in [0.25, 0.3) is 0 Å². The number of carbonyl (C=O) groups is 2. The minimum Gasteiger partial charge on any atom is -0.480 e. The van der Waals surface area contributed by atoms with Crippen LogP contribution in [0.5, 0.6) is 0 Å². The second kappa shape index (κ2) is 8.19. The van der Waals surface area contributed by atoms with Crippen molar-refractivity contribution in [1.82, 2.24) is 20.6 Å². The van der Waals surface area contributed by atoms with Crippen LogP contribution in [-0.2, 0) is 11.2 Å². The lowest BCUT2D eigenvalue weighted by atomic mass is 10.1. The predicted octanol–water partition coefficient (Wildman–Crippen LogP) is 1.14. The molecule has 4 N–H and O–H groups in total. The first-order valence-corrected chi connectivity index (χ1v) is 6.73. The van der Waals surface area contributed by atoms with Crippen LogP contribution in [0.3, 0.4) is 0 Å². The normalized spacial score (nSPS) is 12.2. The molecule has 7 nitrogen and oxygen atoms in total. The molecular weight excluding hydrogens is 260 g/mol. The van der Waals surface area contributed by atoms with Gasteiger partial charge in [0.15, 0.2) is 0 Å². The number of nitrogens with zero attached hydrogens (tertiary/aromatic N) is 1. The Morgan fingerprint density at radius 2 is 2.20 bits per heavy atom. The number of imidazole rings is 1. The molecular formula is C13H22N4O3. The highest BCUT2D eigenvalue weighted by Crippen LogP contribution is 2.02. The maximum absolute atomic E-state index is 11.6. The van der Waals surface area contributed by atoms with Crippen molar-refractivity contribution >= 4 is 12.0 Å². The third-order valence-corrected chi connectivity index (χ3v) is 2.83. The third kappa shape index (κ3) is 6.21. The number of urea groups is 1. The van der Waals surface area contributed by atoms with Gasteiger partial charge in [0.25, 0.3) is 0 Å². The molecule has 0 unspecified atom stereocenters. The molecule has 0 aliphatic rings. The molecule has 0 spiro atoms. The smallest absolute Gasteiger partial charge is 0.326 e. The van der Waals surface area contributed by atoms with E-state index in [4.69, 9.17) is 5.11 Å². The highest BCUT2D eigenvalue weighted by atomic mass is 16.4. The lowest BCUT2D eigenvalue weighted by Crippen LogP contribution is -2.47. The summed E-state index contributed by atoms with van der Waals surface area (Å²) in [5.41, 5.74) is 0.664. The summed E-state index contributed by atoms with van der Waals surface area (Å²) in [6, 6.07) is -1.43. The molecule has 1 atom stereocenters. The Labute approximate surface area is 118 Å². The molecule has 0 aromatic carbocycles. The van der Waals surface area contributed by atoms with Gasteiger partial charge in [-0.25, -0.2) is 14.6 Å². The van der Waals surface area contributed by atoms with Crippen molar-refractivity contribution < 1.29 is 14.7 Å². The molecule has 7 heteroatoms. The van der Waals surface area contributed by atoms with Gasteiger partial charge in [-0.1, -0.05) is 13.8 Å². The zero-order valence-electron chi connectivity index (χ0n) is 11.8. The molecule has 0 aliphatic carbocycles. The van der Waals surface area contributed by atoms with Crippen molar-refractivity contribution in [3.8, 4) is 0 Å². The summed E-state index contributed by atoms with van der Waals surface area (Å²) in [6.07, 6.45) is 5.09. The number of aliphatic carboxylic acids is 1. The van der Waals surface area contributed by atoms with Crippen LogP contribution in [0.4, 0.5) is 4.79 Å². The number of carboxylic acids is 1. The molecule has 0 fully saturated rings. The molecule has 1 aromatic heterocycles. The molecule has 0 bridgehead atoms. The largest absolute Gasteiger partial charge is 0.480 e. The second-order valence-electron chi connectivity index (χ2n) is 5.11. The average Bonchev–Trinajstić information content (AvgIpc) is 2.86. The van der Waals surface area contributed by atoms with E-state index in [2.05, 4.69) is 34.4 Å². The number of rotatable bonds is 8. The first kappa shape index (κ1) is 16.0. The van der Waals surface area contributed by atoms with Gasteiger partial charge in [0.05, 0.1) is 6.33 Å². The number of amides is 2. The van der Waals surface area contributed by atoms with Crippen molar-refractivity contribution in [2.75, 3.05) is 6.54 Å². The number of nitrogens with one attached hydrogen (secondary N) is 3. The lowest BCUT2D eigenvalue weighted by molar-refractivity contribution is -0.139. The average molecular weight is 282 g/mol. The summed E-state index contributed by atoms with van der Waals surface area (Å²) in [7, 11) is 0. The third-order valence-electron chi connectivity index (χ3n) is 2.83. The Bertz CT molecular complexity index is 417. The number of carboxylic acid groups (broad SMARTS) is 1. The molecule has 1 aromatic rings. The van der Waals surface area contributed by atoms with E-state index in [0.29, 0.717) is 18.2 Å². The Morgan fingerprint density at radius 3 is 2.75 bits per heavy atom. The minimum absolute atomic E-state index is 0.175. The standard InChI is InChI=1S/C13H22N4O3/c1-9(2)4-3-5-15-13(20)17-11(12(18)19)6-10-7-14-8-16-10/h7-9,11H,3-6H2,1-2H3,(H,14,16)(H,18,19)(H2,15,17,20)/t11-/m1/s1. The van der Waals surface area contributed by atoms with E-state index in [1.807, 2.05) is 0 Å². The Kier molecular flexibility index (Phi) is 6.55. The number of H-pyrrole nitrogens is 1. The monoisotopic (exact) mass is 282 g/mol. The van der Waals surface area contributed by atoms with Crippen molar-refractivity contribution in [2.24, 2.45) is 5.92 Å². The van der Waals surface area contributed by atoms with Gasteiger partial charge < -0.3 is 20.7 Å². The maximum Gasteiger partial charge on any atom is 0.326 e. The Hall–Kier alpha value is -2.05. The number of aromatic nitrogens is 2. The summed E-state index contributed by atoms with van der Waals surface area (Å²) in [6.45, 7) is 4.77. The van der Waals surface area contributed by atoms with Crippen molar-refractivity contribution in [1.29, 1.82) is 0 Å². The SMILES string of the molecule is CC(C)CCCNC(=O)N[C@H](Cc1cnc[nH]1)C(=O)O. The van der Waals surface area contributed by atoms with Crippen LogP contribution in [0.2, 0.25) is 0 Å². The lowest BCUT2D eigenvalue weighted by Gasteiger charge is -2.14. The zero-order chi connectivity index (χ0) is 15.0. The first-order chi connectivity index (χ1) is 9.49. The van der Waals surface area contributed by atoms with Gasteiger partial charge in [0.1, 0.15) is 6.04 Å². The maximum atomic E-state index is 11.6. The zero-order valence-corrected chi connectivity index (χ0v) is 11.8. The quantitative estimate of drug-likeness (QED) is 0.536. The van der Waals surface area contributed by atoms with Gasteiger partial charge in [-0.05, 0) is 18.8 Å². The molecule has 0 saturated carbocycles. The van der Waals surface area contributed by atoms with Gasteiger partial charge in [-0.2, -0.15) is 0 Å². The highest BCUT2D eigenvalue weighted by Gasteiger charge is 2.20. The van der Waals surface area contributed by atoms with E-state index < -0.39 is 18.0 Å². The van der Waals surface area contributed by atoms with Gasteiger partial charge >= 0.3 is 12.0 Å². The molecule has 20 heavy (non-hydrogen) atoms. The minimum atomic E-state index is -1.07. The highest BCUT2D eigenvalue weighted by molar-refractivity contribution is 5.82. The molecule has 112 valence electrons. The van der Waals surface area contributed by atoms with Crippen LogP contribution < -0.4 is 10.6 Å². The van der Waals surface area contributed by atoms with Crippen LogP contribution in [0.15, 0.2) is 12.5 Å². The van der Waals surface area contributed by atoms with Gasteiger partial charge in [0, 0.05) is 24.9 Å². The fourth-order valence-electron chi connectivity index (χ4n) is 1.74. The van der Waals surface area contributed by atoms with E-state index in [1.165, 1.54) is 12.5 Å². The fraction of sp³-hybridized carbons (Fsp3) is 0.615. The van der Waals surface area contributed by atoms with E-state index in [-0.39, 0.29) is 6.42 Å². The van der Waals surface area contributed by atoms with Gasteiger partial charge in [0.2, 0.25) is 0 Å². The molecule has 1 heterocycles. The van der Waals surface area contributed by atoms with Crippen LogP contribution >= 0.6 is 0 Å². The van der Waals surface area contributed by atoms with Crippen molar-refractivity contribution in [2.45, 2.75) is 39.2 Å². The van der Waals surface area contributed by atoms with Crippen molar-refractivity contribution in [3.63, 3.8) is 0 Å². The number of aromatic amines is 1. The molecule has 2 amide bonds. The molecule has 1 rings (SSSR count). The van der Waals surface area contributed by atoms with Crippen LogP contribution in [0, 0.1) is 5.92 Å². The molecule has 0 radical (unpaired) electrons. The van der Waals surface area contributed by atoms with E-state index >= 15 is 0 Å². The number of hydrogen-bond donors (Lipinski definition) is 4. The van der Waals surface area contributed by atoms with E-state index in [1.54, 1.807) is 0 Å². The number of carbonyl (C=O) groups excluding carboxylic acids is 1. The summed E-state index contributed by atoms with van der Waals surface area (Å²) >= 11 is 0. The molecule has 0 aliphatic heterocycles. The Balaban J connectivity index is 2.34. The van der Waals surface area contributed by atoms with Crippen molar-refractivity contribution in [3.05, 3.63) is 18.2 Å². The summed E-state index contributed by atoms with van der Waals surface area (Å²) in [4.78, 5) is 29.4. The van der Waals surface area contributed by atoms with E-state index in [9.17, 15) is 9.59 Å².